The highest BCUT2D eigenvalue weighted by Crippen LogP contribution is 2.12. The summed E-state index contributed by atoms with van der Waals surface area (Å²) in [4.78, 5) is 12.7. The molecule has 1 aromatic heterocycles. The van der Waals surface area contributed by atoms with Crippen molar-refractivity contribution in [1.29, 1.82) is 0 Å². The summed E-state index contributed by atoms with van der Waals surface area (Å²) in [6.45, 7) is 5.51. The van der Waals surface area contributed by atoms with Gasteiger partial charge in [0.2, 0.25) is 5.09 Å². The van der Waals surface area contributed by atoms with Crippen LogP contribution < -0.4 is 4.72 Å². The third kappa shape index (κ3) is 5.07. The lowest BCUT2D eigenvalue weighted by molar-refractivity contribution is 0.109. The molecule has 1 heterocycles. The minimum Gasteiger partial charge on any atom is -0.440 e. The highest BCUT2D eigenvalue weighted by molar-refractivity contribution is 7.89. The number of aldehydes is 1. The van der Waals surface area contributed by atoms with Gasteiger partial charge in [-0.1, -0.05) is 0 Å². The molecular weight excluding hydrogens is 280 g/mol. The standard InChI is InChI=1S/C13H22N2O4S/c1-11(2)15(3)9-5-4-8-14-20(17,18)13-7-6-12(10-16)19-13/h6-7,10-11,14H,4-5,8-9H2,1-3H3. The van der Waals surface area contributed by atoms with E-state index in [1.807, 2.05) is 7.05 Å². The molecule has 1 aromatic rings. The first-order chi connectivity index (χ1) is 9.36. The molecule has 0 aliphatic carbocycles. The highest BCUT2D eigenvalue weighted by atomic mass is 32.2. The van der Waals surface area contributed by atoms with Crippen LogP contribution in [-0.2, 0) is 10.0 Å². The minimum atomic E-state index is -3.66. The number of carbonyl (C=O) groups excluding carboxylic acids is 1. The fraction of sp³-hybridized carbons (Fsp3) is 0.615. The zero-order valence-corrected chi connectivity index (χ0v) is 12.9. The average molecular weight is 302 g/mol. The zero-order valence-electron chi connectivity index (χ0n) is 12.1. The molecule has 1 rings (SSSR count). The lowest BCUT2D eigenvalue weighted by Crippen LogP contribution is -2.29. The van der Waals surface area contributed by atoms with Crippen LogP contribution >= 0.6 is 0 Å². The summed E-state index contributed by atoms with van der Waals surface area (Å²) in [7, 11) is -1.62. The SMILES string of the molecule is CC(C)N(C)CCCCNS(=O)(=O)c1ccc(C=O)o1. The summed E-state index contributed by atoms with van der Waals surface area (Å²) in [5, 5.41) is -0.223. The van der Waals surface area contributed by atoms with Gasteiger partial charge in [-0.25, -0.2) is 13.1 Å². The van der Waals surface area contributed by atoms with Gasteiger partial charge in [0.15, 0.2) is 12.0 Å². The molecule has 0 aromatic carbocycles. The first-order valence-electron chi connectivity index (χ1n) is 6.61. The highest BCUT2D eigenvalue weighted by Gasteiger charge is 2.17. The summed E-state index contributed by atoms with van der Waals surface area (Å²) in [6.07, 6.45) is 2.13. The quantitative estimate of drug-likeness (QED) is 0.552. The molecule has 0 amide bonds. The second kappa shape index (κ2) is 7.56. The number of hydrogen-bond acceptors (Lipinski definition) is 5. The van der Waals surface area contributed by atoms with E-state index in [9.17, 15) is 13.2 Å². The fourth-order valence-electron chi connectivity index (χ4n) is 1.56. The average Bonchev–Trinajstić information content (AvgIpc) is 2.87. The van der Waals surface area contributed by atoms with Gasteiger partial charge in [0.25, 0.3) is 10.0 Å². The Morgan fingerprint density at radius 1 is 1.35 bits per heavy atom. The molecule has 20 heavy (non-hydrogen) atoms. The van der Waals surface area contributed by atoms with E-state index >= 15 is 0 Å². The zero-order chi connectivity index (χ0) is 15.2. The molecule has 0 saturated carbocycles. The topological polar surface area (TPSA) is 79.6 Å². The molecule has 1 N–H and O–H groups in total. The Labute approximate surface area is 120 Å². The number of nitrogens with one attached hydrogen (secondary N) is 1. The summed E-state index contributed by atoms with van der Waals surface area (Å²) in [5.41, 5.74) is 0. The van der Waals surface area contributed by atoms with Crippen LogP contribution in [0.5, 0.6) is 0 Å². The maximum absolute atomic E-state index is 11.8. The van der Waals surface area contributed by atoms with Gasteiger partial charge in [-0.05, 0) is 52.4 Å². The molecule has 0 fully saturated rings. The molecule has 0 unspecified atom stereocenters. The Kier molecular flexibility index (Phi) is 6.38. The van der Waals surface area contributed by atoms with Crippen LogP contribution in [0.3, 0.4) is 0 Å². The summed E-state index contributed by atoms with van der Waals surface area (Å²) in [6, 6.07) is 3.09. The van der Waals surface area contributed by atoms with E-state index in [2.05, 4.69) is 23.5 Å². The molecule has 0 radical (unpaired) electrons. The van der Waals surface area contributed by atoms with Gasteiger partial charge < -0.3 is 9.32 Å². The number of nitrogens with zero attached hydrogens (tertiary/aromatic N) is 1. The first kappa shape index (κ1) is 16.9. The second-order valence-electron chi connectivity index (χ2n) is 4.95. The van der Waals surface area contributed by atoms with Gasteiger partial charge in [-0.2, -0.15) is 0 Å². The number of hydrogen-bond donors (Lipinski definition) is 1. The van der Waals surface area contributed by atoms with Crippen LogP contribution in [-0.4, -0.2) is 45.8 Å². The van der Waals surface area contributed by atoms with Gasteiger partial charge in [0, 0.05) is 12.6 Å². The van der Waals surface area contributed by atoms with Gasteiger partial charge >= 0.3 is 0 Å². The van der Waals surface area contributed by atoms with Crippen molar-refractivity contribution in [3.05, 3.63) is 17.9 Å². The van der Waals surface area contributed by atoms with E-state index < -0.39 is 10.0 Å². The summed E-state index contributed by atoms with van der Waals surface area (Å²) < 4.78 is 31.0. The molecule has 0 atom stereocenters. The van der Waals surface area contributed by atoms with Gasteiger partial charge in [0.05, 0.1) is 0 Å². The Balaban J connectivity index is 2.35. The van der Waals surface area contributed by atoms with Crippen LogP contribution in [0.25, 0.3) is 0 Å². The van der Waals surface area contributed by atoms with Crippen molar-refractivity contribution in [1.82, 2.24) is 9.62 Å². The van der Waals surface area contributed by atoms with E-state index in [1.165, 1.54) is 12.1 Å². The van der Waals surface area contributed by atoms with Gasteiger partial charge in [0.1, 0.15) is 0 Å². The van der Waals surface area contributed by atoms with Crippen LogP contribution in [0.2, 0.25) is 0 Å². The molecular formula is C13H22N2O4S. The van der Waals surface area contributed by atoms with Crippen molar-refractivity contribution in [2.45, 2.75) is 37.8 Å². The number of sulfonamides is 1. The smallest absolute Gasteiger partial charge is 0.273 e. The van der Waals surface area contributed by atoms with Gasteiger partial charge in [-0.3, -0.25) is 4.79 Å². The lowest BCUT2D eigenvalue weighted by atomic mass is 10.2. The Bertz CT molecular complexity index is 522. The number of rotatable bonds is 9. The normalized spacial score (nSPS) is 12.2. The first-order valence-corrected chi connectivity index (χ1v) is 8.10. The molecule has 6 nitrogen and oxygen atoms in total. The predicted octanol–water partition coefficient (Wildman–Crippen LogP) is 1.49. The molecule has 114 valence electrons. The maximum Gasteiger partial charge on any atom is 0.273 e. The van der Waals surface area contributed by atoms with E-state index in [1.54, 1.807) is 0 Å². The fourth-order valence-corrected chi connectivity index (χ4v) is 2.57. The Morgan fingerprint density at radius 2 is 2.05 bits per heavy atom. The molecule has 0 bridgehead atoms. The van der Waals surface area contributed by atoms with E-state index in [0.717, 1.165) is 19.4 Å². The van der Waals surface area contributed by atoms with Crippen molar-refractivity contribution < 1.29 is 17.6 Å². The predicted molar refractivity (Wildman–Crippen MR) is 76.3 cm³/mol. The number of carbonyl (C=O) groups is 1. The lowest BCUT2D eigenvalue weighted by Gasteiger charge is -2.20. The van der Waals surface area contributed by atoms with E-state index in [0.29, 0.717) is 18.9 Å². The summed E-state index contributed by atoms with van der Waals surface area (Å²) >= 11 is 0. The molecule has 0 saturated heterocycles. The monoisotopic (exact) mass is 302 g/mol. The van der Waals surface area contributed by atoms with Crippen LogP contribution in [0.4, 0.5) is 0 Å². The Morgan fingerprint density at radius 3 is 2.60 bits per heavy atom. The number of unbranched alkanes of at least 4 members (excludes halogenated alkanes) is 1. The largest absolute Gasteiger partial charge is 0.440 e. The van der Waals surface area contributed by atoms with Crippen LogP contribution in [0.15, 0.2) is 21.6 Å². The minimum absolute atomic E-state index is 0.00364. The maximum atomic E-state index is 11.8. The third-order valence-electron chi connectivity index (χ3n) is 3.09. The van der Waals surface area contributed by atoms with Crippen molar-refractivity contribution in [2.24, 2.45) is 0 Å². The third-order valence-corrected chi connectivity index (χ3v) is 4.43. The van der Waals surface area contributed by atoms with Crippen molar-refractivity contribution in [2.75, 3.05) is 20.1 Å². The molecule has 0 aliphatic rings. The van der Waals surface area contributed by atoms with Crippen LogP contribution in [0.1, 0.15) is 37.2 Å². The second-order valence-corrected chi connectivity index (χ2v) is 6.65. The number of furan rings is 1. The van der Waals surface area contributed by atoms with Crippen LogP contribution in [0, 0.1) is 0 Å². The summed E-state index contributed by atoms with van der Waals surface area (Å²) in [5.74, 6) is 0.00364. The van der Waals surface area contributed by atoms with E-state index in [-0.39, 0.29) is 10.9 Å². The van der Waals surface area contributed by atoms with Gasteiger partial charge in [-0.15, -0.1) is 0 Å². The van der Waals surface area contributed by atoms with Crippen molar-refractivity contribution in [3.8, 4) is 0 Å². The molecule has 0 aliphatic heterocycles. The molecule has 0 spiro atoms. The van der Waals surface area contributed by atoms with Crippen molar-refractivity contribution in [3.63, 3.8) is 0 Å². The van der Waals surface area contributed by atoms with Crippen molar-refractivity contribution >= 4 is 16.3 Å². The van der Waals surface area contributed by atoms with E-state index in [4.69, 9.17) is 4.42 Å². The Hall–Kier alpha value is -1.18. The molecule has 7 heteroatoms.